The van der Waals surface area contributed by atoms with Crippen molar-refractivity contribution in [3.63, 3.8) is 0 Å². The number of benzene rings is 1. The number of ether oxygens (including phenoxy) is 1. The van der Waals surface area contributed by atoms with Gasteiger partial charge >= 0.3 is 0 Å². The second kappa shape index (κ2) is 5.96. The molecule has 0 spiro atoms. The second-order valence-corrected chi connectivity index (χ2v) is 7.27. The van der Waals surface area contributed by atoms with Crippen LogP contribution in [-0.2, 0) is 4.79 Å². The number of carbonyl (C=O) groups excluding carboxylic acids is 1. The number of carbonyl (C=O) groups is 1. The van der Waals surface area contributed by atoms with Gasteiger partial charge in [-0.2, -0.15) is 0 Å². The molecule has 1 aromatic carbocycles. The first-order valence-electron chi connectivity index (χ1n) is 8.16. The number of nitrogens with zero attached hydrogens (tertiary/aromatic N) is 1. The van der Waals surface area contributed by atoms with Crippen LogP contribution >= 0.6 is 11.3 Å². The Hall–Kier alpha value is -1.88. The van der Waals surface area contributed by atoms with Gasteiger partial charge in [0.25, 0.3) is 0 Å². The fourth-order valence-electron chi connectivity index (χ4n) is 3.19. The van der Waals surface area contributed by atoms with Crippen molar-refractivity contribution in [2.45, 2.75) is 38.1 Å². The van der Waals surface area contributed by atoms with Gasteiger partial charge in [-0.25, -0.2) is 4.98 Å². The predicted octanol–water partition coefficient (Wildman–Crippen LogP) is 3.59. The highest BCUT2D eigenvalue weighted by Gasteiger charge is 2.37. The Kier molecular flexibility index (Phi) is 3.81. The molecular formula is C18H20N2O2S. The average molecular weight is 328 g/mol. The molecule has 1 fully saturated rings. The van der Waals surface area contributed by atoms with E-state index in [1.165, 1.54) is 12.8 Å². The van der Waals surface area contributed by atoms with E-state index in [1.54, 1.807) is 11.3 Å². The van der Waals surface area contributed by atoms with E-state index in [4.69, 9.17) is 4.74 Å². The first kappa shape index (κ1) is 14.7. The molecule has 4 rings (SSSR count). The van der Waals surface area contributed by atoms with Gasteiger partial charge in [0.05, 0.1) is 18.6 Å². The minimum Gasteiger partial charge on any atom is -0.493 e. The Balaban J connectivity index is 1.55. The van der Waals surface area contributed by atoms with Crippen molar-refractivity contribution in [3.8, 4) is 5.75 Å². The summed E-state index contributed by atoms with van der Waals surface area (Å²) in [5.41, 5.74) is 2.03. The normalized spacial score (nSPS) is 21.2. The zero-order valence-corrected chi connectivity index (χ0v) is 13.9. The van der Waals surface area contributed by atoms with Crippen molar-refractivity contribution in [2.75, 3.05) is 6.61 Å². The van der Waals surface area contributed by atoms with Gasteiger partial charge in [0.15, 0.2) is 0 Å². The van der Waals surface area contributed by atoms with Gasteiger partial charge in [0.1, 0.15) is 10.8 Å². The van der Waals surface area contributed by atoms with Crippen LogP contribution in [0.15, 0.2) is 29.6 Å². The van der Waals surface area contributed by atoms with Crippen LogP contribution < -0.4 is 10.1 Å². The zero-order valence-electron chi connectivity index (χ0n) is 13.1. The molecule has 0 unspecified atom stereocenters. The number of para-hydroxylation sites is 1. The summed E-state index contributed by atoms with van der Waals surface area (Å²) in [5.74, 6) is 1.36. The second-order valence-electron chi connectivity index (χ2n) is 6.38. The van der Waals surface area contributed by atoms with Crippen molar-refractivity contribution in [3.05, 3.63) is 45.9 Å². The van der Waals surface area contributed by atoms with E-state index in [0.717, 1.165) is 28.4 Å². The fraction of sp³-hybridized carbons (Fsp3) is 0.444. The number of rotatable bonds is 4. The Morgan fingerprint density at radius 1 is 1.35 bits per heavy atom. The number of aryl methyl sites for hydroxylation is 1. The molecule has 1 aromatic heterocycles. The standard InChI is InChI=1S/C18H20N2O2S/c1-11-10-23-18(19-11)16(12-6-7-12)20-17(21)14-8-9-22-15-5-3-2-4-13(14)15/h2-5,10,12,14,16H,6-9H2,1H3,(H,20,21)/t14-,16-/m1/s1. The Morgan fingerprint density at radius 3 is 2.91 bits per heavy atom. The van der Waals surface area contributed by atoms with Crippen molar-refractivity contribution in [1.29, 1.82) is 0 Å². The van der Waals surface area contributed by atoms with Crippen molar-refractivity contribution >= 4 is 17.2 Å². The molecule has 5 heteroatoms. The lowest BCUT2D eigenvalue weighted by Crippen LogP contribution is -2.36. The molecule has 2 aromatic rings. The van der Waals surface area contributed by atoms with Gasteiger partial charge in [0, 0.05) is 16.6 Å². The minimum absolute atomic E-state index is 0.0659. The van der Waals surface area contributed by atoms with Crippen LogP contribution in [0.3, 0.4) is 0 Å². The van der Waals surface area contributed by atoms with E-state index in [2.05, 4.69) is 15.7 Å². The number of hydrogen-bond donors (Lipinski definition) is 1. The van der Waals surface area contributed by atoms with Crippen LogP contribution in [0, 0.1) is 12.8 Å². The van der Waals surface area contributed by atoms with Crippen molar-refractivity contribution in [1.82, 2.24) is 10.3 Å². The van der Waals surface area contributed by atoms with Gasteiger partial charge in [0.2, 0.25) is 5.91 Å². The van der Waals surface area contributed by atoms with Crippen LogP contribution in [0.4, 0.5) is 0 Å². The molecular weight excluding hydrogens is 308 g/mol. The van der Waals surface area contributed by atoms with Crippen LogP contribution in [0.25, 0.3) is 0 Å². The van der Waals surface area contributed by atoms with Crippen LogP contribution in [0.1, 0.15) is 47.5 Å². The Morgan fingerprint density at radius 2 is 2.17 bits per heavy atom. The number of fused-ring (bicyclic) bond motifs is 1. The number of aromatic nitrogens is 1. The summed E-state index contributed by atoms with van der Waals surface area (Å²) in [6.45, 7) is 2.60. The Labute approximate surface area is 139 Å². The summed E-state index contributed by atoms with van der Waals surface area (Å²) in [4.78, 5) is 17.5. The highest BCUT2D eigenvalue weighted by molar-refractivity contribution is 7.09. The molecule has 1 N–H and O–H groups in total. The maximum absolute atomic E-state index is 12.9. The van der Waals surface area contributed by atoms with Gasteiger partial charge in [-0.3, -0.25) is 4.79 Å². The summed E-state index contributed by atoms with van der Waals surface area (Å²) >= 11 is 1.65. The lowest BCUT2D eigenvalue weighted by Gasteiger charge is -2.27. The van der Waals surface area contributed by atoms with E-state index >= 15 is 0 Å². The highest BCUT2D eigenvalue weighted by Crippen LogP contribution is 2.43. The molecule has 1 aliphatic carbocycles. The fourth-order valence-corrected chi connectivity index (χ4v) is 4.13. The van der Waals surface area contributed by atoms with E-state index < -0.39 is 0 Å². The van der Waals surface area contributed by atoms with Crippen molar-refractivity contribution in [2.24, 2.45) is 5.92 Å². The van der Waals surface area contributed by atoms with Crippen LogP contribution in [-0.4, -0.2) is 17.5 Å². The number of thiazole rings is 1. The van der Waals surface area contributed by atoms with Crippen LogP contribution in [0.2, 0.25) is 0 Å². The lowest BCUT2D eigenvalue weighted by atomic mass is 9.92. The predicted molar refractivity (Wildman–Crippen MR) is 89.8 cm³/mol. The molecule has 120 valence electrons. The van der Waals surface area contributed by atoms with E-state index in [-0.39, 0.29) is 17.9 Å². The van der Waals surface area contributed by atoms with Crippen LogP contribution in [0.5, 0.6) is 5.75 Å². The van der Waals surface area contributed by atoms with Crippen molar-refractivity contribution < 1.29 is 9.53 Å². The summed E-state index contributed by atoms with van der Waals surface area (Å²) < 4.78 is 5.67. The third-order valence-electron chi connectivity index (χ3n) is 4.57. The topological polar surface area (TPSA) is 51.2 Å². The highest BCUT2D eigenvalue weighted by atomic mass is 32.1. The average Bonchev–Trinajstić information content (AvgIpc) is 3.33. The molecule has 2 aliphatic rings. The SMILES string of the molecule is Cc1csc([C@H](NC(=O)[C@@H]2CCOc3ccccc32)C2CC2)n1. The molecule has 0 saturated heterocycles. The summed E-state index contributed by atoms with van der Waals surface area (Å²) in [6, 6.07) is 7.92. The molecule has 0 bridgehead atoms. The molecule has 1 saturated carbocycles. The van der Waals surface area contributed by atoms with Gasteiger partial charge < -0.3 is 10.1 Å². The zero-order chi connectivity index (χ0) is 15.8. The maximum Gasteiger partial charge on any atom is 0.228 e. The third-order valence-corrected chi connectivity index (χ3v) is 5.61. The van der Waals surface area contributed by atoms with E-state index in [1.807, 2.05) is 31.2 Å². The number of nitrogens with one attached hydrogen (secondary N) is 1. The molecule has 2 atom stereocenters. The molecule has 0 radical (unpaired) electrons. The summed E-state index contributed by atoms with van der Waals surface area (Å²) in [6.07, 6.45) is 3.08. The number of hydrogen-bond acceptors (Lipinski definition) is 4. The van der Waals surface area contributed by atoms with Gasteiger partial charge in [-0.15, -0.1) is 11.3 Å². The van der Waals surface area contributed by atoms with Gasteiger partial charge in [-0.1, -0.05) is 18.2 Å². The summed E-state index contributed by atoms with van der Waals surface area (Å²) in [5, 5.41) is 6.37. The Bertz CT molecular complexity index is 723. The smallest absolute Gasteiger partial charge is 0.228 e. The monoisotopic (exact) mass is 328 g/mol. The quantitative estimate of drug-likeness (QED) is 0.933. The first-order chi connectivity index (χ1) is 11.2. The van der Waals surface area contributed by atoms with E-state index in [0.29, 0.717) is 12.5 Å². The maximum atomic E-state index is 12.9. The molecule has 2 heterocycles. The van der Waals surface area contributed by atoms with Gasteiger partial charge in [-0.05, 0) is 38.2 Å². The minimum atomic E-state index is -0.123. The summed E-state index contributed by atoms with van der Waals surface area (Å²) in [7, 11) is 0. The molecule has 1 amide bonds. The first-order valence-corrected chi connectivity index (χ1v) is 9.04. The lowest BCUT2D eigenvalue weighted by molar-refractivity contribution is -0.124. The largest absolute Gasteiger partial charge is 0.493 e. The van der Waals surface area contributed by atoms with E-state index in [9.17, 15) is 4.79 Å². The number of amides is 1. The molecule has 4 nitrogen and oxygen atoms in total. The third kappa shape index (κ3) is 2.98. The molecule has 1 aliphatic heterocycles. The molecule has 23 heavy (non-hydrogen) atoms.